The third-order valence-corrected chi connectivity index (χ3v) is 3.43. The van der Waals surface area contributed by atoms with Crippen LogP contribution in [0.1, 0.15) is 49.1 Å². The van der Waals surface area contributed by atoms with Crippen molar-refractivity contribution in [2.75, 3.05) is 7.11 Å². The van der Waals surface area contributed by atoms with Crippen LogP contribution in [-0.2, 0) is 0 Å². The largest absolute Gasteiger partial charge is 0.496 e. The molecule has 15 heavy (non-hydrogen) atoms. The van der Waals surface area contributed by atoms with Gasteiger partial charge < -0.3 is 4.74 Å². The zero-order valence-corrected chi connectivity index (χ0v) is 9.75. The Balaban J connectivity index is 2.27. The summed E-state index contributed by atoms with van der Waals surface area (Å²) in [4.78, 5) is 0. The van der Waals surface area contributed by atoms with Crippen LogP contribution in [0, 0.1) is 6.92 Å². The zero-order valence-electron chi connectivity index (χ0n) is 9.75. The molecular formula is C14H20O. The van der Waals surface area contributed by atoms with Gasteiger partial charge in [-0.25, -0.2) is 0 Å². The lowest BCUT2D eigenvalue weighted by molar-refractivity contribution is 0.387. The maximum Gasteiger partial charge on any atom is 0.122 e. The van der Waals surface area contributed by atoms with Crippen LogP contribution in [0.3, 0.4) is 0 Å². The van der Waals surface area contributed by atoms with Crippen LogP contribution < -0.4 is 4.74 Å². The Morgan fingerprint density at radius 2 is 1.87 bits per heavy atom. The van der Waals surface area contributed by atoms with E-state index in [0.29, 0.717) is 0 Å². The monoisotopic (exact) mass is 204 g/mol. The maximum absolute atomic E-state index is 5.45. The molecule has 0 heterocycles. The molecule has 0 saturated heterocycles. The Labute approximate surface area is 92.5 Å². The number of hydrogen-bond acceptors (Lipinski definition) is 1. The van der Waals surface area contributed by atoms with Gasteiger partial charge in [-0.05, 0) is 37.3 Å². The Morgan fingerprint density at radius 3 is 2.53 bits per heavy atom. The third-order valence-electron chi connectivity index (χ3n) is 3.43. The Kier molecular flexibility index (Phi) is 3.30. The van der Waals surface area contributed by atoms with Crippen LogP contribution in [-0.4, -0.2) is 7.11 Å². The molecule has 0 unspecified atom stereocenters. The average Bonchev–Trinajstić information content (AvgIpc) is 2.30. The second-order valence-electron chi connectivity index (χ2n) is 4.58. The van der Waals surface area contributed by atoms with Gasteiger partial charge in [0.2, 0.25) is 0 Å². The molecule has 1 aromatic carbocycles. The lowest BCUT2D eigenvalue weighted by atomic mass is 9.83. The summed E-state index contributed by atoms with van der Waals surface area (Å²) in [6.45, 7) is 2.16. The molecule has 1 aliphatic carbocycles. The molecule has 82 valence electrons. The molecule has 1 fully saturated rings. The average molecular weight is 204 g/mol. The minimum Gasteiger partial charge on any atom is -0.496 e. The van der Waals surface area contributed by atoms with Crippen molar-refractivity contribution in [3.8, 4) is 5.75 Å². The van der Waals surface area contributed by atoms with Crippen molar-refractivity contribution in [2.24, 2.45) is 0 Å². The number of rotatable bonds is 2. The fraction of sp³-hybridized carbons (Fsp3) is 0.571. The molecule has 1 aliphatic rings. The van der Waals surface area contributed by atoms with Crippen molar-refractivity contribution in [1.82, 2.24) is 0 Å². The predicted molar refractivity (Wildman–Crippen MR) is 63.6 cm³/mol. The van der Waals surface area contributed by atoms with Gasteiger partial charge in [-0.2, -0.15) is 0 Å². The van der Waals surface area contributed by atoms with Crippen molar-refractivity contribution < 1.29 is 4.74 Å². The second-order valence-corrected chi connectivity index (χ2v) is 4.58. The van der Waals surface area contributed by atoms with Crippen molar-refractivity contribution in [3.05, 3.63) is 29.3 Å². The quantitative estimate of drug-likeness (QED) is 0.706. The first-order chi connectivity index (χ1) is 7.31. The first-order valence-electron chi connectivity index (χ1n) is 5.96. The third kappa shape index (κ3) is 2.34. The molecule has 0 aromatic heterocycles. The van der Waals surface area contributed by atoms with Crippen LogP contribution >= 0.6 is 0 Å². The summed E-state index contributed by atoms with van der Waals surface area (Å²) in [6, 6.07) is 6.54. The second kappa shape index (κ2) is 4.69. The normalized spacial score (nSPS) is 17.7. The molecule has 0 aliphatic heterocycles. The van der Waals surface area contributed by atoms with E-state index in [1.807, 2.05) is 0 Å². The standard InChI is InChI=1S/C14H20O/c1-11-8-9-14(15-2)13(10-11)12-6-4-3-5-7-12/h8-10,12H,3-7H2,1-2H3. The smallest absolute Gasteiger partial charge is 0.122 e. The molecule has 1 nitrogen and oxygen atoms in total. The first kappa shape index (κ1) is 10.5. The van der Waals surface area contributed by atoms with Crippen molar-refractivity contribution in [3.63, 3.8) is 0 Å². The lowest BCUT2D eigenvalue weighted by Crippen LogP contribution is -2.06. The SMILES string of the molecule is COc1ccc(C)cc1C1CCCCC1. The maximum atomic E-state index is 5.45. The molecule has 1 saturated carbocycles. The Morgan fingerprint density at radius 1 is 1.13 bits per heavy atom. The first-order valence-corrected chi connectivity index (χ1v) is 5.96. The fourth-order valence-corrected chi connectivity index (χ4v) is 2.59. The van der Waals surface area contributed by atoms with E-state index in [4.69, 9.17) is 4.74 Å². The van der Waals surface area contributed by atoms with E-state index in [1.54, 1.807) is 7.11 Å². The minimum absolute atomic E-state index is 0.730. The Hall–Kier alpha value is -0.980. The van der Waals surface area contributed by atoms with Gasteiger partial charge in [0.05, 0.1) is 7.11 Å². The van der Waals surface area contributed by atoms with E-state index in [0.717, 1.165) is 11.7 Å². The van der Waals surface area contributed by atoms with Crippen molar-refractivity contribution in [1.29, 1.82) is 0 Å². The van der Waals surface area contributed by atoms with Gasteiger partial charge in [-0.15, -0.1) is 0 Å². The summed E-state index contributed by atoms with van der Waals surface area (Å²) in [7, 11) is 1.77. The highest BCUT2D eigenvalue weighted by molar-refractivity contribution is 5.39. The molecule has 0 atom stereocenters. The van der Waals surface area contributed by atoms with Crippen LogP contribution in [0.15, 0.2) is 18.2 Å². The molecule has 0 amide bonds. The van der Waals surface area contributed by atoms with Gasteiger partial charge in [0, 0.05) is 0 Å². The summed E-state index contributed by atoms with van der Waals surface area (Å²) in [5.74, 6) is 1.81. The van der Waals surface area contributed by atoms with Gasteiger partial charge in [-0.1, -0.05) is 37.0 Å². The highest BCUT2D eigenvalue weighted by Crippen LogP contribution is 2.37. The highest BCUT2D eigenvalue weighted by Gasteiger charge is 2.18. The summed E-state index contributed by atoms with van der Waals surface area (Å²) in [6.07, 6.45) is 6.83. The molecule has 1 heteroatoms. The number of ether oxygens (including phenoxy) is 1. The van der Waals surface area contributed by atoms with E-state index >= 15 is 0 Å². The van der Waals surface area contributed by atoms with Crippen molar-refractivity contribution >= 4 is 0 Å². The topological polar surface area (TPSA) is 9.23 Å². The number of aryl methyl sites for hydroxylation is 1. The Bertz CT molecular complexity index is 324. The van der Waals surface area contributed by atoms with Crippen LogP contribution in [0.25, 0.3) is 0 Å². The molecule has 0 radical (unpaired) electrons. The van der Waals surface area contributed by atoms with Gasteiger partial charge in [0.1, 0.15) is 5.75 Å². The summed E-state index contributed by atoms with van der Waals surface area (Å²) >= 11 is 0. The minimum atomic E-state index is 0.730. The summed E-state index contributed by atoms with van der Waals surface area (Å²) in [5, 5.41) is 0. The van der Waals surface area contributed by atoms with Crippen LogP contribution in [0.4, 0.5) is 0 Å². The van der Waals surface area contributed by atoms with E-state index in [-0.39, 0.29) is 0 Å². The molecule has 1 aromatic rings. The lowest BCUT2D eigenvalue weighted by Gasteiger charge is -2.24. The van der Waals surface area contributed by atoms with E-state index in [9.17, 15) is 0 Å². The van der Waals surface area contributed by atoms with Crippen LogP contribution in [0.2, 0.25) is 0 Å². The number of benzene rings is 1. The predicted octanol–water partition coefficient (Wildman–Crippen LogP) is 4.05. The fourth-order valence-electron chi connectivity index (χ4n) is 2.59. The van der Waals surface area contributed by atoms with Gasteiger partial charge in [0.15, 0.2) is 0 Å². The molecule has 2 rings (SSSR count). The van der Waals surface area contributed by atoms with Crippen LogP contribution in [0.5, 0.6) is 5.75 Å². The zero-order chi connectivity index (χ0) is 10.7. The summed E-state index contributed by atoms with van der Waals surface area (Å²) in [5.41, 5.74) is 2.77. The number of hydrogen-bond donors (Lipinski definition) is 0. The van der Waals surface area contributed by atoms with E-state index < -0.39 is 0 Å². The molecule has 0 spiro atoms. The van der Waals surface area contributed by atoms with E-state index in [2.05, 4.69) is 25.1 Å². The molecular weight excluding hydrogens is 184 g/mol. The highest BCUT2D eigenvalue weighted by atomic mass is 16.5. The molecule has 0 bridgehead atoms. The van der Waals surface area contributed by atoms with Gasteiger partial charge >= 0.3 is 0 Å². The summed E-state index contributed by atoms with van der Waals surface area (Å²) < 4.78 is 5.45. The van der Waals surface area contributed by atoms with Crippen molar-refractivity contribution in [2.45, 2.75) is 44.9 Å². The van der Waals surface area contributed by atoms with E-state index in [1.165, 1.54) is 43.2 Å². The molecule has 0 N–H and O–H groups in total. The van der Waals surface area contributed by atoms with Gasteiger partial charge in [0.25, 0.3) is 0 Å². The number of methoxy groups -OCH3 is 1. The van der Waals surface area contributed by atoms with Gasteiger partial charge in [-0.3, -0.25) is 0 Å².